The smallest absolute Gasteiger partial charge is 0.328 e. The average molecular weight is 547 g/mol. The Hall–Kier alpha value is -1.97. The maximum absolute atomic E-state index is 12.3. The van der Waals surface area contributed by atoms with Crippen LogP contribution in [0.4, 0.5) is 4.79 Å². The second kappa shape index (κ2) is 9.23. The number of halogens is 3. The molecule has 1 heterocycles. The number of likely N-dealkylation sites (N-methyl/N-ethyl adjacent to an activating group) is 1. The molecule has 0 spiro atoms. The number of amides is 3. The van der Waals surface area contributed by atoms with Crippen LogP contribution in [0.25, 0.3) is 6.08 Å². The van der Waals surface area contributed by atoms with Crippen LogP contribution in [0.2, 0.25) is 10.0 Å². The highest BCUT2D eigenvalue weighted by molar-refractivity contribution is 14.1. The van der Waals surface area contributed by atoms with Crippen molar-refractivity contribution in [2.75, 3.05) is 13.7 Å². The zero-order chi connectivity index (χ0) is 21.1. The first-order chi connectivity index (χ1) is 13.8. The van der Waals surface area contributed by atoms with Crippen LogP contribution in [-0.2, 0) is 11.4 Å². The number of methoxy groups -OCH3 is 1. The standard InChI is InChI=1S/C20H17Cl2IN2O4/c1-3-25-19(26)16(24-20(25)27)8-12-7-15(23)18(17(9-12)28-2)29-10-11-4-5-13(21)14(22)6-11/h4-9H,3,10H2,1-2H3,(H,24,27)/b16-8+. The predicted octanol–water partition coefficient (Wildman–Crippen LogP) is 5.10. The van der Waals surface area contributed by atoms with E-state index in [-0.39, 0.29) is 18.2 Å². The van der Waals surface area contributed by atoms with Crippen LogP contribution < -0.4 is 14.8 Å². The van der Waals surface area contributed by atoms with Crippen LogP contribution in [0.15, 0.2) is 36.0 Å². The molecule has 9 heteroatoms. The molecular weight excluding hydrogens is 530 g/mol. The van der Waals surface area contributed by atoms with Gasteiger partial charge < -0.3 is 14.8 Å². The molecule has 152 valence electrons. The SMILES string of the molecule is CCN1C(=O)N/C(=C/c2cc(I)c(OCc3ccc(Cl)c(Cl)c3)c(OC)c2)C1=O. The molecule has 2 aromatic rings. The normalized spacial score (nSPS) is 15.1. The van der Waals surface area contributed by atoms with Gasteiger partial charge >= 0.3 is 6.03 Å². The van der Waals surface area contributed by atoms with Crippen LogP contribution in [0.3, 0.4) is 0 Å². The van der Waals surface area contributed by atoms with Crippen molar-refractivity contribution in [3.8, 4) is 11.5 Å². The van der Waals surface area contributed by atoms with Gasteiger partial charge in [-0.2, -0.15) is 0 Å². The van der Waals surface area contributed by atoms with E-state index in [1.807, 2.05) is 12.1 Å². The van der Waals surface area contributed by atoms with E-state index in [1.54, 1.807) is 31.2 Å². The fourth-order valence-corrected chi connectivity index (χ4v) is 3.88. The Kier molecular flexibility index (Phi) is 6.92. The van der Waals surface area contributed by atoms with Crippen molar-refractivity contribution in [2.24, 2.45) is 0 Å². The van der Waals surface area contributed by atoms with Crippen molar-refractivity contribution in [1.82, 2.24) is 10.2 Å². The van der Waals surface area contributed by atoms with Gasteiger partial charge in [0, 0.05) is 6.54 Å². The number of ether oxygens (including phenoxy) is 2. The highest BCUT2D eigenvalue weighted by atomic mass is 127. The van der Waals surface area contributed by atoms with Crippen molar-refractivity contribution in [1.29, 1.82) is 0 Å². The van der Waals surface area contributed by atoms with Gasteiger partial charge in [0.15, 0.2) is 11.5 Å². The van der Waals surface area contributed by atoms with Gasteiger partial charge in [-0.1, -0.05) is 29.3 Å². The number of urea groups is 1. The van der Waals surface area contributed by atoms with Gasteiger partial charge in [-0.05, 0) is 71.0 Å². The van der Waals surface area contributed by atoms with E-state index in [0.717, 1.165) is 14.0 Å². The van der Waals surface area contributed by atoms with Crippen molar-refractivity contribution < 1.29 is 19.1 Å². The third-order valence-corrected chi connectivity index (χ3v) is 5.75. The van der Waals surface area contributed by atoms with E-state index in [4.69, 9.17) is 32.7 Å². The third kappa shape index (κ3) is 4.79. The molecule has 1 N–H and O–H groups in total. The van der Waals surface area contributed by atoms with Crippen molar-refractivity contribution in [2.45, 2.75) is 13.5 Å². The summed E-state index contributed by atoms with van der Waals surface area (Å²) >= 11 is 14.1. The third-order valence-electron chi connectivity index (χ3n) is 4.21. The van der Waals surface area contributed by atoms with Gasteiger partial charge in [-0.15, -0.1) is 0 Å². The predicted molar refractivity (Wildman–Crippen MR) is 120 cm³/mol. The second-order valence-electron chi connectivity index (χ2n) is 6.11. The molecule has 0 radical (unpaired) electrons. The molecule has 1 fully saturated rings. The van der Waals surface area contributed by atoms with Crippen molar-refractivity contribution in [3.63, 3.8) is 0 Å². The Balaban J connectivity index is 1.84. The number of hydrogen-bond acceptors (Lipinski definition) is 4. The highest BCUT2D eigenvalue weighted by Crippen LogP contribution is 2.35. The number of nitrogens with zero attached hydrogens (tertiary/aromatic N) is 1. The molecule has 0 atom stereocenters. The van der Waals surface area contributed by atoms with Crippen LogP contribution in [0, 0.1) is 3.57 Å². The summed E-state index contributed by atoms with van der Waals surface area (Å²) in [5.41, 5.74) is 1.79. The second-order valence-corrected chi connectivity index (χ2v) is 8.09. The Labute approximate surface area is 191 Å². The quantitative estimate of drug-likeness (QED) is 0.311. The summed E-state index contributed by atoms with van der Waals surface area (Å²) in [6, 6.07) is 8.46. The lowest BCUT2D eigenvalue weighted by Gasteiger charge is -2.14. The number of carbonyl (C=O) groups is 2. The van der Waals surface area contributed by atoms with E-state index in [1.165, 1.54) is 7.11 Å². The molecule has 29 heavy (non-hydrogen) atoms. The van der Waals surface area contributed by atoms with E-state index < -0.39 is 6.03 Å². The van der Waals surface area contributed by atoms with Gasteiger partial charge in [0.2, 0.25) is 0 Å². The lowest BCUT2D eigenvalue weighted by molar-refractivity contribution is -0.122. The Morgan fingerprint density at radius 1 is 1.17 bits per heavy atom. The maximum Gasteiger partial charge on any atom is 0.328 e. The molecular formula is C20H17Cl2IN2O4. The largest absolute Gasteiger partial charge is 0.493 e. The molecule has 1 aliphatic rings. The summed E-state index contributed by atoms with van der Waals surface area (Å²) in [6.45, 7) is 2.33. The fraction of sp³-hybridized carbons (Fsp3) is 0.200. The van der Waals surface area contributed by atoms with E-state index in [0.29, 0.717) is 33.7 Å². The molecule has 2 aromatic carbocycles. The van der Waals surface area contributed by atoms with Crippen molar-refractivity contribution >= 4 is 63.8 Å². The van der Waals surface area contributed by atoms with E-state index in [9.17, 15) is 9.59 Å². The number of imide groups is 1. The summed E-state index contributed by atoms with van der Waals surface area (Å²) in [4.78, 5) is 25.2. The van der Waals surface area contributed by atoms with Crippen molar-refractivity contribution in [3.05, 3.63) is 60.8 Å². The molecule has 6 nitrogen and oxygen atoms in total. The monoisotopic (exact) mass is 546 g/mol. The van der Waals surface area contributed by atoms with Gasteiger partial charge in [0.1, 0.15) is 12.3 Å². The van der Waals surface area contributed by atoms with Gasteiger partial charge in [-0.3, -0.25) is 9.69 Å². The minimum absolute atomic E-state index is 0.221. The van der Waals surface area contributed by atoms with Gasteiger partial charge in [0.05, 0.1) is 20.7 Å². The molecule has 1 aliphatic heterocycles. The molecule has 0 aromatic heterocycles. The molecule has 1 saturated heterocycles. The maximum atomic E-state index is 12.3. The molecule has 0 unspecified atom stereocenters. The average Bonchev–Trinajstić information content (AvgIpc) is 2.95. The lowest BCUT2D eigenvalue weighted by Crippen LogP contribution is -2.30. The van der Waals surface area contributed by atoms with E-state index in [2.05, 4.69) is 27.9 Å². The summed E-state index contributed by atoms with van der Waals surface area (Å²) in [6.07, 6.45) is 1.61. The van der Waals surface area contributed by atoms with Gasteiger partial charge in [0.25, 0.3) is 5.91 Å². The Morgan fingerprint density at radius 2 is 1.93 bits per heavy atom. The Morgan fingerprint density at radius 3 is 2.55 bits per heavy atom. The minimum atomic E-state index is -0.424. The summed E-state index contributed by atoms with van der Waals surface area (Å²) in [7, 11) is 1.54. The minimum Gasteiger partial charge on any atom is -0.493 e. The summed E-state index contributed by atoms with van der Waals surface area (Å²) in [5.74, 6) is 0.720. The first-order valence-electron chi connectivity index (χ1n) is 8.62. The molecule has 0 bridgehead atoms. The highest BCUT2D eigenvalue weighted by Gasteiger charge is 2.32. The molecule has 0 aliphatic carbocycles. The fourth-order valence-electron chi connectivity index (χ4n) is 2.77. The van der Waals surface area contributed by atoms with E-state index >= 15 is 0 Å². The Bertz CT molecular complexity index is 1010. The summed E-state index contributed by atoms with van der Waals surface area (Å²) in [5, 5.41) is 3.52. The molecule has 0 saturated carbocycles. The zero-order valence-electron chi connectivity index (χ0n) is 15.6. The van der Waals surface area contributed by atoms with Crippen LogP contribution in [-0.4, -0.2) is 30.5 Å². The topological polar surface area (TPSA) is 67.9 Å². The number of rotatable bonds is 6. The number of nitrogens with one attached hydrogen (secondary N) is 1. The first kappa shape index (κ1) is 21.7. The summed E-state index contributed by atoms with van der Waals surface area (Å²) < 4.78 is 12.2. The molecule has 3 amide bonds. The van der Waals surface area contributed by atoms with Crippen LogP contribution in [0.5, 0.6) is 11.5 Å². The first-order valence-corrected chi connectivity index (χ1v) is 10.5. The number of hydrogen-bond donors (Lipinski definition) is 1. The van der Waals surface area contributed by atoms with Gasteiger partial charge in [-0.25, -0.2) is 4.79 Å². The number of benzene rings is 2. The molecule has 3 rings (SSSR count). The van der Waals surface area contributed by atoms with Crippen LogP contribution >= 0.6 is 45.8 Å². The van der Waals surface area contributed by atoms with Crippen LogP contribution in [0.1, 0.15) is 18.1 Å². The lowest BCUT2D eigenvalue weighted by atomic mass is 10.1. The number of carbonyl (C=O) groups excluding carboxylic acids is 2. The zero-order valence-corrected chi connectivity index (χ0v) is 19.3.